The average Bonchev–Trinajstić information content (AvgIpc) is 3.40. The summed E-state index contributed by atoms with van der Waals surface area (Å²) in [5.74, 6) is -0.0998. The van der Waals surface area contributed by atoms with Crippen LogP contribution in [0.25, 0.3) is 11.0 Å². The number of halogens is 1. The first-order chi connectivity index (χ1) is 20.3. The number of aromatic nitrogens is 3. The molecule has 8 nitrogen and oxygen atoms in total. The molecule has 5 aromatic rings. The van der Waals surface area contributed by atoms with Crippen molar-refractivity contribution >= 4 is 40.0 Å². The Morgan fingerprint density at radius 1 is 1.00 bits per heavy atom. The summed E-state index contributed by atoms with van der Waals surface area (Å²) < 4.78 is 17.7. The van der Waals surface area contributed by atoms with E-state index in [0.717, 1.165) is 22.4 Å². The average molecular weight is 560 g/mol. The zero-order valence-corrected chi connectivity index (χ0v) is 23.9. The first kappa shape index (κ1) is 28.2. The highest BCUT2D eigenvalue weighted by Gasteiger charge is 2.22. The Labute approximate surface area is 244 Å². The second-order valence-electron chi connectivity index (χ2n) is 9.92. The van der Waals surface area contributed by atoms with Gasteiger partial charge in [-0.15, -0.1) is 0 Å². The second-order valence-corrected chi connectivity index (χ2v) is 9.92. The van der Waals surface area contributed by atoms with E-state index in [1.54, 1.807) is 24.3 Å². The molecule has 0 saturated carbocycles. The maximum atomic E-state index is 15.8. The predicted molar refractivity (Wildman–Crippen MR) is 163 cm³/mol. The minimum Gasteiger partial charge on any atom is -0.334 e. The Bertz CT molecular complexity index is 1780. The topological polar surface area (TPSA) is 90.4 Å². The van der Waals surface area contributed by atoms with Crippen molar-refractivity contribution in [1.82, 2.24) is 19.4 Å². The van der Waals surface area contributed by atoms with Gasteiger partial charge in [-0.25, -0.2) is 19.4 Å². The number of nitriles is 1. The molecule has 0 aliphatic heterocycles. The molecule has 210 valence electrons. The number of amides is 1. The van der Waals surface area contributed by atoms with Crippen LogP contribution in [0.3, 0.4) is 0 Å². The van der Waals surface area contributed by atoms with Crippen molar-refractivity contribution in [1.29, 1.82) is 5.26 Å². The summed E-state index contributed by atoms with van der Waals surface area (Å²) in [4.78, 5) is 30.3. The highest BCUT2D eigenvalue weighted by molar-refractivity contribution is 6.14. The van der Waals surface area contributed by atoms with E-state index in [1.807, 2.05) is 91.3 Å². The third kappa shape index (κ3) is 5.47. The van der Waals surface area contributed by atoms with E-state index in [2.05, 4.69) is 4.98 Å². The largest absolute Gasteiger partial charge is 0.334 e. The number of imidazole rings is 1. The van der Waals surface area contributed by atoms with Crippen molar-refractivity contribution in [3.05, 3.63) is 113 Å². The van der Waals surface area contributed by atoms with Gasteiger partial charge in [-0.2, -0.15) is 5.26 Å². The summed E-state index contributed by atoms with van der Waals surface area (Å²) in [5.41, 5.74) is 5.13. The fourth-order valence-electron chi connectivity index (χ4n) is 4.88. The maximum absolute atomic E-state index is 15.8. The van der Waals surface area contributed by atoms with Gasteiger partial charge in [-0.05, 0) is 24.1 Å². The molecule has 42 heavy (non-hydrogen) atoms. The van der Waals surface area contributed by atoms with Crippen molar-refractivity contribution in [2.24, 2.45) is 12.0 Å². The Balaban J connectivity index is 1.66. The summed E-state index contributed by atoms with van der Waals surface area (Å²) in [5, 5.41) is 8.97. The summed E-state index contributed by atoms with van der Waals surface area (Å²) in [6.45, 7) is 1.81. The Hall–Kier alpha value is -5.36. The van der Waals surface area contributed by atoms with Crippen LogP contribution in [0.2, 0.25) is 0 Å². The summed E-state index contributed by atoms with van der Waals surface area (Å²) >= 11 is 0. The molecule has 2 heterocycles. The number of hydrogen-bond acceptors (Lipinski definition) is 6. The van der Waals surface area contributed by atoms with Gasteiger partial charge in [0.15, 0.2) is 5.82 Å². The van der Waals surface area contributed by atoms with Crippen LogP contribution in [0.15, 0.2) is 90.2 Å². The number of aliphatic imine (C=N–C) groups is 1. The van der Waals surface area contributed by atoms with Crippen LogP contribution in [0.4, 0.5) is 21.7 Å². The number of pyridine rings is 1. The second kappa shape index (κ2) is 12.0. The number of rotatable bonds is 8. The molecule has 1 amide bonds. The smallest absolute Gasteiger partial charge is 0.254 e. The lowest BCUT2D eigenvalue weighted by molar-refractivity contribution is 0.0811. The molecule has 0 N–H and O–H groups in total. The van der Waals surface area contributed by atoms with Gasteiger partial charge in [0.25, 0.3) is 5.91 Å². The number of carbonyl (C=O) groups excluding carboxylic acids is 1. The summed E-state index contributed by atoms with van der Waals surface area (Å²) in [7, 11) is 5.15. The van der Waals surface area contributed by atoms with Crippen LogP contribution < -0.4 is 4.90 Å². The van der Waals surface area contributed by atoms with E-state index in [1.165, 1.54) is 18.0 Å². The summed E-state index contributed by atoms with van der Waals surface area (Å²) in [6.07, 6.45) is 2.18. The molecule has 0 fully saturated rings. The van der Waals surface area contributed by atoms with E-state index in [-0.39, 0.29) is 12.1 Å². The van der Waals surface area contributed by atoms with Crippen LogP contribution in [0, 0.1) is 17.1 Å². The molecule has 0 spiro atoms. The Kier molecular flexibility index (Phi) is 8.07. The van der Waals surface area contributed by atoms with Gasteiger partial charge in [0.1, 0.15) is 23.7 Å². The number of nitrogens with zero attached hydrogens (tertiary/aromatic N) is 7. The van der Waals surface area contributed by atoms with Gasteiger partial charge < -0.3 is 14.4 Å². The Morgan fingerprint density at radius 3 is 2.24 bits per heavy atom. The molecular formula is C33H30FN7O. The first-order valence-electron chi connectivity index (χ1n) is 13.5. The number of carbonyl (C=O) groups is 1. The van der Waals surface area contributed by atoms with Gasteiger partial charge in [0.05, 0.1) is 29.3 Å². The first-order valence-corrected chi connectivity index (χ1v) is 13.5. The number of aryl methyl sites for hydroxylation is 2. The van der Waals surface area contributed by atoms with Gasteiger partial charge in [-0.1, -0.05) is 67.6 Å². The fourth-order valence-corrected chi connectivity index (χ4v) is 4.88. The molecule has 0 aliphatic carbocycles. The zero-order valence-electron chi connectivity index (χ0n) is 23.9. The number of fused-ring (bicyclic) bond motifs is 1. The standard InChI is InChI=1S/C33H30FN7O/c1-5-22-18-25(33(42)39(2)17-16-35)19-26(34)31(22)41(4)28-20-27-30(36-21-40(27)3)32(37-28)38-29(23-12-8-6-9-13-23)24-14-10-7-11-15-24/h6-15,18-21H,5,17H2,1-4H3. The van der Waals surface area contributed by atoms with Crippen molar-refractivity contribution < 1.29 is 9.18 Å². The molecule has 9 heteroatoms. The normalized spacial score (nSPS) is 10.8. The van der Waals surface area contributed by atoms with E-state index in [9.17, 15) is 4.79 Å². The molecular weight excluding hydrogens is 529 g/mol. The minimum atomic E-state index is -0.559. The monoisotopic (exact) mass is 559 g/mol. The van der Waals surface area contributed by atoms with Crippen LogP contribution in [0.1, 0.15) is 34.0 Å². The molecule has 0 atom stereocenters. The van der Waals surface area contributed by atoms with Crippen molar-refractivity contribution in [3.63, 3.8) is 0 Å². The fraction of sp³-hybridized carbons (Fsp3) is 0.182. The highest BCUT2D eigenvalue weighted by Crippen LogP contribution is 2.35. The van der Waals surface area contributed by atoms with E-state index >= 15 is 4.39 Å². The molecule has 0 bridgehead atoms. The van der Waals surface area contributed by atoms with E-state index in [4.69, 9.17) is 15.2 Å². The van der Waals surface area contributed by atoms with Crippen molar-refractivity contribution in [2.75, 3.05) is 25.5 Å². The van der Waals surface area contributed by atoms with Crippen LogP contribution in [0.5, 0.6) is 0 Å². The van der Waals surface area contributed by atoms with E-state index < -0.39 is 11.7 Å². The predicted octanol–water partition coefficient (Wildman–Crippen LogP) is 6.20. The molecule has 0 aliphatic rings. The number of benzene rings is 3. The van der Waals surface area contributed by atoms with Crippen LogP contribution >= 0.6 is 0 Å². The summed E-state index contributed by atoms with van der Waals surface area (Å²) in [6, 6.07) is 26.4. The van der Waals surface area contributed by atoms with Gasteiger partial charge >= 0.3 is 0 Å². The van der Waals surface area contributed by atoms with Crippen molar-refractivity contribution in [2.45, 2.75) is 13.3 Å². The third-order valence-corrected chi connectivity index (χ3v) is 7.10. The highest BCUT2D eigenvalue weighted by atomic mass is 19.1. The molecule has 0 unspecified atom stereocenters. The van der Waals surface area contributed by atoms with Gasteiger partial charge in [0.2, 0.25) is 0 Å². The quantitative estimate of drug-likeness (QED) is 0.167. The van der Waals surface area contributed by atoms with Crippen LogP contribution in [-0.2, 0) is 13.5 Å². The van der Waals surface area contributed by atoms with E-state index in [0.29, 0.717) is 34.8 Å². The lowest BCUT2D eigenvalue weighted by atomic mass is 10.0. The maximum Gasteiger partial charge on any atom is 0.254 e. The lowest BCUT2D eigenvalue weighted by Crippen LogP contribution is -2.27. The number of anilines is 2. The molecule has 0 radical (unpaired) electrons. The number of hydrogen-bond donors (Lipinski definition) is 0. The Morgan fingerprint density at radius 2 is 1.64 bits per heavy atom. The molecule has 3 aromatic carbocycles. The third-order valence-electron chi connectivity index (χ3n) is 7.10. The molecule has 0 saturated heterocycles. The molecule has 2 aromatic heterocycles. The van der Waals surface area contributed by atoms with Crippen LogP contribution in [-0.4, -0.2) is 51.7 Å². The zero-order chi connectivity index (χ0) is 29.8. The minimum absolute atomic E-state index is 0.0879. The lowest BCUT2D eigenvalue weighted by Gasteiger charge is -2.24. The van der Waals surface area contributed by atoms with Crippen molar-refractivity contribution in [3.8, 4) is 6.07 Å². The van der Waals surface area contributed by atoms with Gasteiger partial charge in [0, 0.05) is 43.9 Å². The van der Waals surface area contributed by atoms with Gasteiger partial charge in [-0.3, -0.25) is 4.79 Å². The SMILES string of the molecule is CCc1cc(C(=O)N(C)CC#N)cc(F)c1N(C)c1cc2c(ncn2C)c(N=C(c2ccccc2)c2ccccc2)n1. The molecule has 5 rings (SSSR count).